The number of hydrogen-bond acceptors (Lipinski definition) is 5. The molecule has 0 bridgehead atoms. The fourth-order valence-corrected chi connectivity index (χ4v) is 2.29. The van der Waals surface area contributed by atoms with E-state index in [4.69, 9.17) is 9.47 Å². The lowest BCUT2D eigenvalue weighted by atomic mass is 9.82. The first-order valence-electron chi connectivity index (χ1n) is 8.05. The van der Waals surface area contributed by atoms with Gasteiger partial charge >= 0.3 is 12.1 Å². The Hall–Kier alpha value is -2.08. The van der Waals surface area contributed by atoms with Crippen LogP contribution in [0.5, 0.6) is 0 Å². The van der Waals surface area contributed by atoms with E-state index >= 15 is 0 Å². The molecule has 2 atom stereocenters. The highest BCUT2D eigenvalue weighted by atomic mass is 16.5. The number of aliphatic hydroxyl groups excluding tert-OH is 1. The zero-order valence-corrected chi connectivity index (χ0v) is 14.7. The van der Waals surface area contributed by atoms with Crippen molar-refractivity contribution in [1.29, 1.82) is 0 Å². The molecule has 1 aromatic rings. The van der Waals surface area contributed by atoms with Gasteiger partial charge in [-0.2, -0.15) is 0 Å². The Labute approximate surface area is 143 Å². The van der Waals surface area contributed by atoms with Gasteiger partial charge in [-0.05, 0) is 17.9 Å². The molecule has 134 valence electrons. The van der Waals surface area contributed by atoms with Crippen LogP contribution in [0.25, 0.3) is 0 Å². The third-order valence-corrected chi connectivity index (χ3v) is 3.49. The Morgan fingerprint density at radius 3 is 2.33 bits per heavy atom. The van der Waals surface area contributed by atoms with E-state index in [1.54, 1.807) is 6.92 Å². The Bertz CT molecular complexity index is 524. The lowest BCUT2D eigenvalue weighted by Gasteiger charge is -2.34. The van der Waals surface area contributed by atoms with Gasteiger partial charge in [0.25, 0.3) is 0 Å². The van der Waals surface area contributed by atoms with Crippen molar-refractivity contribution in [2.75, 3.05) is 6.61 Å². The van der Waals surface area contributed by atoms with Crippen LogP contribution in [0.2, 0.25) is 0 Å². The lowest BCUT2D eigenvalue weighted by Crippen LogP contribution is -2.52. The number of esters is 1. The van der Waals surface area contributed by atoms with Crippen LogP contribution >= 0.6 is 0 Å². The van der Waals surface area contributed by atoms with Crippen LogP contribution < -0.4 is 5.32 Å². The van der Waals surface area contributed by atoms with E-state index in [2.05, 4.69) is 5.32 Å². The van der Waals surface area contributed by atoms with E-state index in [0.717, 1.165) is 5.56 Å². The molecular formula is C18H27NO5. The molecule has 6 heteroatoms. The minimum atomic E-state index is -1.06. The molecule has 0 aromatic heterocycles. The van der Waals surface area contributed by atoms with E-state index < -0.39 is 29.6 Å². The molecule has 1 amide bonds. The van der Waals surface area contributed by atoms with E-state index in [-0.39, 0.29) is 19.6 Å². The van der Waals surface area contributed by atoms with Crippen molar-refractivity contribution < 1.29 is 24.2 Å². The molecule has 0 spiro atoms. The van der Waals surface area contributed by atoms with E-state index in [0.29, 0.717) is 0 Å². The second-order valence-corrected chi connectivity index (χ2v) is 6.63. The highest BCUT2D eigenvalue weighted by Crippen LogP contribution is 2.24. The molecule has 2 N–H and O–H groups in total. The number of carbonyl (C=O) groups is 2. The van der Waals surface area contributed by atoms with Gasteiger partial charge in [0.05, 0.1) is 25.2 Å². The molecule has 1 aromatic carbocycles. The highest BCUT2D eigenvalue weighted by molar-refractivity contribution is 5.71. The molecule has 0 radical (unpaired) electrons. The maximum Gasteiger partial charge on any atom is 0.407 e. The van der Waals surface area contributed by atoms with E-state index in [9.17, 15) is 14.7 Å². The monoisotopic (exact) mass is 337 g/mol. The summed E-state index contributed by atoms with van der Waals surface area (Å²) in [5.74, 6) is -0.501. The van der Waals surface area contributed by atoms with Crippen molar-refractivity contribution in [3.63, 3.8) is 0 Å². The van der Waals surface area contributed by atoms with Crippen molar-refractivity contribution in [1.82, 2.24) is 5.32 Å². The van der Waals surface area contributed by atoms with Gasteiger partial charge < -0.3 is 19.9 Å². The fraction of sp³-hybridized carbons (Fsp3) is 0.556. The molecule has 0 heterocycles. The third kappa shape index (κ3) is 7.00. The first-order chi connectivity index (χ1) is 11.2. The van der Waals surface area contributed by atoms with Gasteiger partial charge in [0.1, 0.15) is 6.61 Å². The van der Waals surface area contributed by atoms with Crippen LogP contribution in [0.3, 0.4) is 0 Å². The third-order valence-electron chi connectivity index (χ3n) is 3.49. The Kier molecular flexibility index (Phi) is 7.71. The van der Waals surface area contributed by atoms with Gasteiger partial charge in [-0.25, -0.2) is 4.79 Å². The summed E-state index contributed by atoms with van der Waals surface area (Å²) in [6, 6.07) is 8.65. The Morgan fingerprint density at radius 2 is 1.79 bits per heavy atom. The first kappa shape index (κ1) is 20.0. The molecule has 0 aliphatic carbocycles. The summed E-state index contributed by atoms with van der Waals surface area (Å²) in [5.41, 5.74) is 0.407. The zero-order chi connectivity index (χ0) is 18.2. The second kappa shape index (κ2) is 9.27. The molecule has 0 aliphatic rings. The maximum atomic E-state index is 12.0. The zero-order valence-electron chi connectivity index (χ0n) is 14.7. The first-order valence-corrected chi connectivity index (χ1v) is 8.05. The number of amides is 1. The molecule has 0 fully saturated rings. The Morgan fingerprint density at radius 1 is 1.17 bits per heavy atom. The van der Waals surface area contributed by atoms with E-state index in [1.165, 1.54) is 0 Å². The summed E-state index contributed by atoms with van der Waals surface area (Å²) in [7, 11) is 0. The van der Waals surface area contributed by atoms with Gasteiger partial charge in [-0.1, -0.05) is 51.1 Å². The fourth-order valence-electron chi connectivity index (χ4n) is 2.29. The summed E-state index contributed by atoms with van der Waals surface area (Å²) < 4.78 is 10.0. The van der Waals surface area contributed by atoms with Gasteiger partial charge in [0.15, 0.2) is 0 Å². The molecule has 0 unspecified atom stereocenters. The minimum absolute atomic E-state index is 0.136. The molecule has 6 nitrogen and oxygen atoms in total. The van der Waals surface area contributed by atoms with Crippen LogP contribution in [0.15, 0.2) is 30.3 Å². The average molecular weight is 337 g/mol. The SMILES string of the molecule is CCOC(=O)C[C@@H](O)[C@@H](NC(=O)OCc1ccccc1)C(C)(C)C. The molecule has 24 heavy (non-hydrogen) atoms. The van der Waals surface area contributed by atoms with Crippen LogP contribution in [0.4, 0.5) is 4.79 Å². The molecular weight excluding hydrogens is 310 g/mol. The number of hydrogen-bond donors (Lipinski definition) is 2. The van der Waals surface area contributed by atoms with Crippen LogP contribution in [0, 0.1) is 5.41 Å². The largest absolute Gasteiger partial charge is 0.466 e. The van der Waals surface area contributed by atoms with Gasteiger partial charge in [0.2, 0.25) is 0 Å². The number of alkyl carbamates (subject to hydrolysis) is 1. The summed E-state index contributed by atoms with van der Waals surface area (Å²) in [6.45, 7) is 7.68. The molecule has 1 rings (SSSR count). The number of nitrogens with one attached hydrogen (secondary N) is 1. The van der Waals surface area contributed by atoms with Crippen LogP contribution in [-0.2, 0) is 20.9 Å². The van der Waals surface area contributed by atoms with Gasteiger partial charge in [-0.3, -0.25) is 4.79 Å². The number of ether oxygens (including phenoxy) is 2. The summed E-state index contributed by atoms with van der Waals surface area (Å²) in [6.07, 6.45) is -1.88. The summed E-state index contributed by atoms with van der Waals surface area (Å²) in [4.78, 5) is 23.6. The van der Waals surface area contributed by atoms with Crippen LogP contribution in [0.1, 0.15) is 39.7 Å². The average Bonchev–Trinajstić information content (AvgIpc) is 2.50. The second-order valence-electron chi connectivity index (χ2n) is 6.63. The topological polar surface area (TPSA) is 84.9 Å². The van der Waals surface area contributed by atoms with Gasteiger partial charge in [-0.15, -0.1) is 0 Å². The molecule has 0 saturated heterocycles. The number of benzene rings is 1. The quantitative estimate of drug-likeness (QED) is 0.747. The van der Waals surface area contributed by atoms with Gasteiger partial charge in [0, 0.05) is 0 Å². The smallest absolute Gasteiger partial charge is 0.407 e. The van der Waals surface area contributed by atoms with Crippen molar-refractivity contribution in [3.8, 4) is 0 Å². The number of aliphatic hydroxyl groups is 1. The predicted octanol–water partition coefficient (Wildman–Crippen LogP) is 2.64. The normalized spacial score (nSPS) is 13.7. The van der Waals surface area contributed by atoms with E-state index in [1.807, 2.05) is 51.1 Å². The maximum absolute atomic E-state index is 12.0. The molecule has 0 aliphatic heterocycles. The highest BCUT2D eigenvalue weighted by Gasteiger charge is 2.34. The predicted molar refractivity (Wildman–Crippen MR) is 90.3 cm³/mol. The standard InChI is InChI=1S/C18H27NO5/c1-5-23-15(21)11-14(20)16(18(2,3)4)19-17(22)24-12-13-9-7-6-8-10-13/h6-10,14,16,20H,5,11-12H2,1-4H3,(H,19,22)/t14-,16-/m1/s1. The van der Waals surface area contributed by atoms with Crippen molar-refractivity contribution in [2.24, 2.45) is 5.41 Å². The lowest BCUT2D eigenvalue weighted by molar-refractivity contribution is -0.146. The van der Waals surface area contributed by atoms with Crippen LogP contribution in [-0.4, -0.2) is 35.9 Å². The van der Waals surface area contributed by atoms with Crippen molar-refractivity contribution in [2.45, 2.75) is 52.9 Å². The van der Waals surface area contributed by atoms with Crippen molar-refractivity contribution >= 4 is 12.1 Å². The number of carbonyl (C=O) groups excluding carboxylic acids is 2. The number of rotatable bonds is 7. The van der Waals surface area contributed by atoms with Crippen molar-refractivity contribution in [3.05, 3.63) is 35.9 Å². The summed E-state index contributed by atoms with van der Waals surface area (Å²) in [5, 5.41) is 13.0. The molecule has 0 saturated carbocycles. The summed E-state index contributed by atoms with van der Waals surface area (Å²) >= 11 is 0. The Balaban J connectivity index is 2.61. The minimum Gasteiger partial charge on any atom is -0.466 e.